The van der Waals surface area contributed by atoms with Gasteiger partial charge in [-0.2, -0.15) is 10.5 Å². The average Bonchev–Trinajstić information content (AvgIpc) is 2.62. The van der Waals surface area contributed by atoms with E-state index in [2.05, 4.69) is 0 Å². The van der Waals surface area contributed by atoms with Gasteiger partial charge < -0.3 is 9.47 Å². The normalized spacial score (nSPS) is 9.44. The van der Waals surface area contributed by atoms with Gasteiger partial charge >= 0.3 is 5.97 Å². The van der Waals surface area contributed by atoms with E-state index in [9.17, 15) is 4.79 Å². The minimum atomic E-state index is -0.546. The Hall–Kier alpha value is -3.28. The molecule has 0 atom stereocenters. The maximum atomic E-state index is 12.2. The fraction of sp³-hybridized carbons (Fsp3) is 0.105. The SMILES string of the molecule is CCOc1cc(C=C(C#N)C#N)ccc1OC(=O)c1ccc(Cl)cc1. The number of hydrogen-bond donors (Lipinski definition) is 0. The third-order valence-corrected chi connectivity index (χ3v) is 3.35. The summed E-state index contributed by atoms with van der Waals surface area (Å²) >= 11 is 5.80. The van der Waals surface area contributed by atoms with E-state index in [0.29, 0.717) is 28.5 Å². The minimum absolute atomic E-state index is 0.0339. The number of allylic oxidation sites excluding steroid dienone is 1. The first-order valence-electron chi connectivity index (χ1n) is 7.34. The van der Waals surface area contributed by atoms with Crippen molar-refractivity contribution in [2.24, 2.45) is 0 Å². The molecule has 0 N–H and O–H groups in total. The van der Waals surface area contributed by atoms with Crippen LogP contribution in [0.25, 0.3) is 6.08 Å². The van der Waals surface area contributed by atoms with E-state index in [1.807, 2.05) is 0 Å². The summed E-state index contributed by atoms with van der Waals surface area (Å²) in [5.74, 6) is 0.0406. The van der Waals surface area contributed by atoms with Crippen LogP contribution in [0.4, 0.5) is 0 Å². The van der Waals surface area contributed by atoms with Gasteiger partial charge in [0, 0.05) is 5.02 Å². The van der Waals surface area contributed by atoms with Gasteiger partial charge in [-0.15, -0.1) is 0 Å². The Morgan fingerprint density at radius 2 is 1.80 bits per heavy atom. The zero-order chi connectivity index (χ0) is 18.2. The molecule has 0 aromatic heterocycles. The van der Waals surface area contributed by atoms with E-state index >= 15 is 0 Å². The molecule has 0 radical (unpaired) electrons. The number of ether oxygens (including phenoxy) is 2. The number of nitrogens with zero attached hydrogens (tertiary/aromatic N) is 2. The van der Waals surface area contributed by atoms with Crippen LogP contribution in [0.5, 0.6) is 11.5 Å². The van der Waals surface area contributed by atoms with Gasteiger partial charge in [0.05, 0.1) is 12.2 Å². The lowest BCUT2D eigenvalue weighted by Gasteiger charge is -2.11. The van der Waals surface area contributed by atoms with Crippen LogP contribution >= 0.6 is 11.6 Å². The van der Waals surface area contributed by atoms with Crippen molar-refractivity contribution in [3.05, 3.63) is 64.2 Å². The molecule has 0 amide bonds. The lowest BCUT2D eigenvalue weighted by atomic mass is 10.1. The van der Waals surface area contributed by atoms with E-state index in [1.165, 1.54) is 6.08 Å². The van der Waals surface area contributed by atoms with Crippen molar-refractivity contribution >= 4 is 23.6 Å². The molecule has 0 saturated heterocycles. The summed E-state index contributed by atoms with van der Waals surface area (Å²) in [6.07, 6.45) is 1.42. The van der Waals surface area contributed by atoms with Crippen LogP contribution in [0.1, 0.15) is 22.8 Å². The number of rotatable bonds is 5. The van der Waals surface area contributed by atoms with Crippen molar-refractivity contribution in [3.8, 4) is 23.6 Å². The van der Waals surface area contributed by atoms with E-state index < -0.39 is 5.97 Å². The molecule has 0 fully saturated rings. The van der Waals surface area contributed by atoms with Gasteiger partial charge in [0.15, 0.2) is 11.5 Å². The van der Waals surface area contributed by atoms with Crippen molar-refractivity contribution in [2.75, 3.05) is 6.61 Å². The minimum Gasteiger partial charge on any atom is -0.490 e. The topological polar surface area (TPSA) is 83.1 Å². The number of carbonyl (C=O) groups is 1. The van der Waals surface area contributed by atoms with Gasteiger partial charge in [-0.25, -0.2) is 4.79 Å². The zero-order valence-corrected chi connectivity index (χ0v) is 14.1. The molecule has 0 unspecified atom stereocenters. The lowest BCUT2D eigenvalue weighted by Crippen LogP contribution is -2.09. The van der Waals surface area contributed by atoms with Crippen LogP contribution in [-0.4, -0.2) is 12.6 Å². The largest absolute Gasteiger partial charge is 0.490 e. The lowest BCUT2D eigenvalue weighted by molar-refractivity contribution is 0.0728. The average molecular weight is 353 g/mol. The van der Waals surface area contributed by atoms with Gasteiger partial charge in [0.25, 0.3) is 0 Å². The molecule has 0 aliphatic heterocycles. The molecule has 6 heteroatoms. The zero-order valence-electron chi connectivity index (χ0n) is 13.3. The molecule has 5 nitrogen and oxygen atoms in total. The molecule has 0 saturated carbocycles. The molecule has 0 heterocycles. The Balaban J connectivity index is 2.30. The third-order valence-electron chi connectivity index (χ3n) is 3.10. The number of carbonyl (C=O) groups excluding carboxylic acids is 1. The molecule has 2 aromatic carbocycles. The highest BCUT2D eigenvalue weighted by Crippen LogP contribution is 2.30. The van der Waals surface area contributed by atoms with E-state index in [4.69, 9.17) is 31.6 Å². The van der Waals surface area contributed by atoms with Crippen molar-refractivity contribution in [2.45, 2.75) is 6.92 Å². The Morgan fingerprint density at radius 3 is 2.40 bits per heavy atom. The second-order valence-corrected chi connectivity index (χ2v) is 5.25. The Bertz CT molecular complexity index is 874. The first kappa shape index (κ1) is 18.1. The van der Waals surface area contributed by atoms with Crippen molar-refractivity contribution in [1.82, 2.24) is 0 Å². The summed E-state index contributed by atoms with van der Waals surface area (Å²) in [4.78, 5) is 12.2. The van der Waals surface area contributed by atoms with Gasteiger partial charge in [0.1, 0.15) is 17.7 Å². The summed E-state index contributed by atoms with van der Waals surface area (Å²) in [6, 6.07) is 14.7. The van der Waals surface area contributed by atoms with E-state index in [1.54, 1.807) is 61.5 Å². The predicted octanol–water partition coefficient (Wildman–Crippen LogP) is 4.39. The van der Waals surface area contributed by atoms with Gasteiger partial charge in [-0.3, -0.25) is 0 Å². The predicted molar refractivity (Wildman–Crippen MR) is 93.2 cm³/mol. The Labute approximate surface area is 150 Å². The van der Waals surface area contributed by atoms with E-state index in [0.717, 1.165) is 0 Å². The fourth-order valence-corrected chi connectivity index (χ4v) is 2.09. The summed E-state index contributed by atoms with van der Waals surface area (Å²) in [5, 5.41) is 18.2. The smallest absolute Gasteiger partial charge is 0.343 e. The second kappa shape index (κ2) is 8.54. The van der Waals surface area contributed by atoms with Gasteiger partial charge in [0.2, 0.25) is 0 Å². The molecule has 25 heavy (non-hydrogen) atoms. The highest BCUT2D eigenvalue weighted by Gasteiger charge is 2.13. The third kappa shape index (κ3) is 4.84. The number of hydrogen-bond acceptors (Lipinski definition) is 5. The van der Waals surface area contributed by atoms with Crippen molar-refractivity contribution < 1.29 is 14.3 Å². The first-order chi connectivity index (χ1) is 12.1. The van der Waals surface area contributed by atoms with Crippen LogP contribution in [0, 0.1) is 22.7 Å². The second-order valence-electron chi connectivity index (χ2n) is 4.82. The highest BCUT2D eigenvalue weighted by atomic mass is 35.5. The summed E-state index contributed by atoms with van der Waals surface area (Å²) < 4.78 is 10.9. The number of benzene rings is 2. The van der Waals surface area contributed by atoms with Crippen LogP contribution in [0.3, 0.4) is 0 Å². The highest BCUT2D eigenvalue weighted by molar-refractivity contribution is 6.30. The molecule has 0 aliphatic rings. The summed E-state index contributed by atoms with van der Waals surface area (Å²) in [5.41, 5.74) is 0.910. The molecular formula is C19H13ClN2O3. The molecule has 0 aliphatic carbocycles. The Kier molecular flexibility index (Phi) is 6.17. The first-order valence-corrected chi connectivity index (χ1v) is 7.71. The summed E-state index contributed by atoms with van der Waals surface area (Å²) in [6.45, 7) is 2.16. The van der Waals surface area contributed by atoms with Crippen molar-refractivity contribution in [1.29, 1.82) is 10.5 Å². The quantitative estimate of drug-likeness (QED) is 0.452. The number of nitriles is 2. The Morgan fingerprint density at radius 1 is 1.12 bits per heavy atom. The van der Waals surface area contributed by atoms with E-state index in [-0.39, 0.29) is 11.3 Å². The van der Waals surface area contributed by atoms with Crippen molar-refractivity contribution in [3.63, 3.8) is 0 Å². The molecular weight excluding hydrogens is 340 g/mol. The maximum Gasteiger partial charge on any atom is 0.343 e. The molecule has 124 valence electrons. The molecule has 2 aromatic rings. The van der Waals surface area contributed by atoms with Crippen LogP contribution in [-0.2, 0) is 0 Å². The van der Waals surface area contributed by atoms with Crippen LogP contribution in [0.2, 0.25) is 5.02 Å². The molecule has 0 spiro atoms. The van der Waals surface area contributed by atoms with Gasteiger partial charge in [-0.1, -0.05) is 17.7 Å². The standard InChI is InChI=1S/C19H13ClN2O3/c1-2-24-18-10-13(9-14(11-21)12-22)3-8-17(18)25-19(23)15-4-6-16(20)7-5-15/h3-10H,2H2,1H3. The van der Waals surface area contributed by atoms with Gasteiger partial charge in [-0.05, 0) is 55.0 Å². The molecule has 0 bridgehead atoms. The monoisotopic (exact) mass is 352 g/mol. The summed E-state index contributed by atoms with van der Waals surface area (Å²) in [7, 11) is 0. The number of esters is 1. The van der Waals surface area contributed by atoms with Crippen LogP contribution in [0.15, 0.2) is 48.0 Å². The fourth-order valence-electron chi connectivity index (χ4n) is 1.97. The van der Waals surface area contributed by atoms with Crippen LogP contribution < -0.4 is 9.47 Å². The number of halogens is 1. The molecule has 2 rings (SSSR count). The maximum absolute atomic E-state index is 12.2.